The lowest BCUT2D eigenvalue weighted by Crippen LogP contribution is -2.42. The third-order valence-electron chi connectivity index (χ3n) is 4.34. The van der Waals surface area contributed by atoms with Gasteiger partial charge in [-0.2, -0.15) is 0 Å². The first-order valence-electron chi connectivity index (χ1n) is 8.15. The van der Waals surface area contributed by atoms with Crippen LogP contribution in [0, 0.1) is 10.1 Å². The number of urea groups is 1. The highest BCUT2D eigenvalue weighted by molar-refractivity contribution is 6.30. The van der Waals surface area contributed by atoms with E-state index >= 15 is 0 Å². The van der Waals surface area contributed by atoms with Crippen molar-refractivity contribution in [2.24, 2.45) is 0 Å². The van der Waals surface area contributed by atoms with E-state index in [9.17, 15) is 24.5 Å². The summed E-state index contributed by atoms with van der Waals surface area (Å²) in [7, 11) is 0. The van der Waals surface area contributed by atoms with E-state index in [1.54, 1.807) is 18.2 Å². The lowest BCUT2D eigenvalue weighted by atomic mass is 9.92. The average molecular weight is 403 g/mol. The summed E-state index contributed by atoms with van der Waals surface area (Å²) in [6.45, 7) is 0.989. The number of nitrogens with one attached hydrogen (secondary N) is 2. The number of nitro groups is 1. The van der Waals surface area contributed by atoms with E-state index in [0.29, 0.717) is 16.3 Å². The molecule has 144 valence electrons. The van der Waals surface area contributed by atoms with E-state index < -0.39 is 34.9 Å². The molecule has 0 saturated carbocycles. The predicted molar refractivity (Wildman–Crippen MR) is 101 cm³/mol. The van der Waals surface area contributed by atoms with Gasteiger partial charge in [-0.15, -0.1) is 0 Å². The molecule has 2 aromatic rings. The van der Waals surface area contributed by atoms with Gasteiger partial charge in [0.2, 0.25) is 5.91 Å². The summed E-state index contributed by atoms with van der Waals surface area (Å²) in [6.07, 6.45) is 0. The van der Waals surface area contributed by atoms with Crippen LogP contribution in [0.15, 0.2) is 48.5 Å². The maximum Gasteiger partial charge on any atom is 0.325 e. The minimum absolute atomic E-state index is 0.137. The Hall–Kier alpha value is -3.46. The smallest absolute Gasteiger partial charge is 0.324 e. The molecule has 1 unspecified atom stereocenters. The highest BCUT2D eigenvalue weighted by Gasteiger charge is 2.49. The summed E-state index contributed by atoms with van der Waals surface area (Å²) in [5, 5.41) is 16.3. The van der Waals surface area contributed by atoms with Crippen molar-refractivity contribution in [1.29, 1.82) is 0 Å². The molecule has 1 saturated heterocycles. The quantitative estimate of drug-likeness (QED) is 0.452. The van der Waals surface area contributed by atoms with Crippen LogP contribution in [0.4, 0.5) is 16.2 Å². The SMILES string of the molecule is CC1(c2ccc([N+](=O)[O-])cc2)NC(=O)N(CC(=O)Nc2cccc(Cl)c2)C1=O. The second-order valence-corrected chi connectivity index (χ2v) is 6.75. The standard InChI is InChI=1S/C18H15ClN4O5/c1-18(11-5-7-14(8-6-11)23(27)28)16(25)22(17(26)21-18)10-15(24)20-13-4-2-3-12(19)9-13/h2-9H,10H2,1H3,(H,20,24)(H,21,26). The van der Waals surface area contributed by atoms with Crippen LogP contribution >= 0.6 is 11.6 Å². The van der Waals surface area contributed by atoms with Crippen molar-refractivity contribution in [3.8, 4) is 0 Å². The van der Waals surface area contributed by atoms with E-state index in [-0.39, 0.29) is 5.69 Å². The molecule has 0 aliphatic carbocycles. The van der Waals surface area contributed by atoms with Crippen LogP contribution in [0.5, 0.6) is 0 Å². The van der Waals surface area contributed by atoms with E-state index in [1.165, 1.54) is 37.3 Å². The number of halogens is 1. The number of carbonyl (C=O) groups is 3. The fourth-order valence-electron chi connectivity index (χ4n) is 2.86. The van der Waals surface area contributed by atoms with Crippen molar-refractivity contribution in [3.63, 3.8) is 0 Å². The van der Waals surface area contributed by atoms with Gasteiger partial charge in [0.15, 0.2) is 0 Å². The Bertz CT molecular complexity index is 978. The van der Waals surface area contributed by atoms with Gasteiger partial charge in [-0.25, -0.2) is 4.79 Å². The highest BCUT2D eigenvalue weighted by Crippen LogP contribution is 2.30. The number of amides is 4. The third kappa shape index (κ3) is 3.65. The molecular formula is C18H15ClN4O5. The van der Waals surface area contributed by atoms with Crippen molar-refractivity contribution in [1.82, 2.24) is 10.2 Å². The molecule has 3 rings (SSSR count). The molecule has 1 aliphatic rings. The van der Waals surface area contributed by atoms with Gasteiger partial charge in [0.1, 0.15) is 12.1 Å². The molecule has 4 amide bonds. The Morgan fingerprint density at radius 1 is 1.25 bits per heavy atom. The molecule has 1 fully saturated rings. The van der Waals surface area contributed by atoms with E-state index in [4.69, 9.17) is 11.6 Å². The van der Waals surface area contributed by atoms with E-state index in [2.05, 4.69) is 10.6 Å². The van der Waals surface area contributed by atoms with Crippen LogP contribution in [-0.4, -0.2) is 34.2 Å². The first-order chi connectivity index (χ1) is 13.2. The Morgan fingerprint density at radius 3 is 2.54 bits per heavy atom. The van der Waals surface area contributed by atoms with Crippen LogP contribution < -0.4 is 10.6 Å². The monoisotopic (exact) mass is 402 g/mol. The molecule has 1 aliphatic heterocycles. The second kappa shape index (κ2) is 7.28. The van der Waals surface area contributed by atoms with Crippen molar-refractivity contribution < 1.29 is 19.3 Å². The maximum absolute atomic E-state index is 12.8. The number of imide groups is 1. The molecule has 28 heavy (non-hydrogen) atoms. The van der Waals surface area contributed by atoms with Crippen molar-refractivity contribution in [3.05, 3.63) is 69.2 Å². The minimum Gasteiger partial charge on any atom is -0.324 e. The topological polar surface area (TPSA) is 122 Å². The second-order valence-electron chi connectivity index (χ2n) is 6.31. The molecule has 0 spiro atoms. The van der Waals surface area contributed by atoms with Gasteiger partial charge in [0, 0.05) is 22.8 Å². The summed E-state index contributed by atoms with van der Waals surface area (Å²) in [4.78, 5) is 48.3. The van der Waals surface area contributed by atoms with Crippen LogP contribution in [0.1, 0.15) is 12.5 Å². The lowest BCUT2D eigenvalue weighted by molar-refractivity contribution is -0.384. The fraction of sp³-hybridized carbons (Fsp3) is 0.167. The average Bonchev–Trinajstić information content (AvgIpc) is 2.86. The summed E-state index contributed by atoms with van der Waals surface area (Å²) in [5.41, 5.74) is -0.763. The third-order valence-corrected chi connectivity index (χ3v) is 4.58. The summed E-state index contributed by atoms with van der Waals surface area (Å²) in [5.74, 6) is -1.20. The van der Waals surface area contributed by atoms with Gasteiger partial charge in [0.25, 0.3) is 11.6 Å². The summed E-state index contributed by atoms with van der Waals surface area (Å²) < 4.78 is 0. The number of nitrogens with zero attached hydrogens (tertiary/aromatic N) is 2. The van der Waals surface area contributed by atoms with Crippen LogP contribution in [0.25, 0.3) is 0 Å². The molecular weight excluding hydrogens is 388 g/mol. The summed E-state index contributed by atoms with van der Waals surface area (Å²) >= 11 is 5.86. The minimum atomic E-state index is -1.43. The Labute approximate surface area is 164 Å². The largest absolute Gasteiger partial charge is 0.325 e. The first kappa shape index (κ1) is 19.3. The number of benzene rings is 2. The highest BCUT2D eigenvalue weighted by atomic mass is 35.5. The van der Waals surface area contributed by atoms with Gasteiger partial charge in [-0.1, -0.05) is 17.7 Å². The zero-order valence-electron chi connectivity index (χ0n) is 14.6. The van der Waals surface area contributed by atoms with Gasteiger partial charge in [-0.3, -0.25) is 24.6 Å². The molecule has 1 heterocycles. The molecule has 10 heteroatoms. The number of hydrogen-bond acceptors (Lipinski definition) is 5. The van der Waals surface area contributed by atoms with Gasteiger partial charge >= 0.3 is 6.03 Å². The van der Waals surface area contributed by atoms with E-state index in [0.717, 1.165) is 4.90 Å². The number of anilines is 1. The number of rotatable bonds is 5. The van der Waals surface area contributed by atoms with E-state index in [1.807, 2.05) is 0 Å². The lowest BCUT2D eigenvalue weighted by Gasteiger charge is -2.22. The Balaban J connectivity index is 1.75. The van der Waals surface area contributed by atoms with Crippen LogP contribution in [0.2, 0.25) is 5.02 Å². The number of hydrogen-bond donors (Lipinski definition) is 2. The van der Waals surface area contributed by atoms with Crippen molar-refractivity contribution >= 4 is 40.8 Å². The first-order valence-corrected chi connectivity index (χ1v) is 8.53. The maximum atomic E-state index is 12.8. The van der Waals surface area contributed by atoms with Crippen molar-refractivity contribution in [2.45, 2.75) is 12.5 Å². The summed E-state index contributed by atoms with van der Waals surface area (Å²) in [6, 6.07) is 11.0. The Kier molecular flexibility index (Phi) is 5.02. The predicted octanol–water partition coefficient (Wildman–Crippen LogP) is 2.65. The van der Waals surface area contributed by atoms with Gasteiger partial charge in [-0.05, 0) is 42.8 Å². The normalized spacial score (nSPS) is 18.7. The molecule has 2 N–H and O–H groups in total. The zero-order chi connectivity index (χ0) is 20.5. The molecule has 0 radical (unpaired) electrons. The van der Waals surface area contributed by atoms with Crippen LogP contribution in [-0.2, 0) is 15.1 Å². The van der Waals surface area contributed by atoms with Crippen molar-refractivity contribution in [2.75, 3.05) is 11.9 Å². The molecule has 2 aromatic carbocycles. The molecule has 9 nitrogen and oxygen atoms in total. The fourth-order valence-corrected chi connectivity index (χ4v) is 3.05. The number of non-ortho nitro benzene ring substituents is 1. The van der Waals surface area contributed by atoms with Gasteiger partial charge in [0.05, 0.1) is 4.92 Å². The van der Waals surface area contributed by atoms with Crippen LogP contribution in [0.3, 0.4) is 0 Å². The number of nitro benzene ring substituents is 1. The molecule has 1 atom stereocenters. The Morgan fingerprint density at radius 2 is 1.93 bits per heavy atom. The van der Waals surface area contributed by atoms with Gasteiger partial charge < -0.3 is 10.6 Å². The zero-order valence-corrected chi connectivity index (χ0v) is 15.4. The number of carbonyl (C=O) groups excluding carboxylic acids is 3. The molecule has 0 aromatic heterocycles. The molecule has 0 bridgehead atoms.